The van der Waals surface area contributed by atoms with E-state index in [9.17, 15) is 9.90 Å². The van der Waals surface area contributed by atoms with Gasteiger partial charge in [-0.05, 0) is 43.2 Å². The van der Waals surface area contributed by atoms with Crippen LogP contribution in [0.5, 0.6) is 0 Å². The maximum atomic E-state index is 11.9. The molecule has 0 aliphatic carbocycles. The van der Waals surface area contributed by atoms with Crippen molar-refractivity contribution in [3.05, 3.63) is 69.9 Å². The Morgan fingerprint density at radius 3 is 2.52 bits per heavy atom. The van der Waals surface area contributed by atoms with E-state index in [1.165, 1.54) is 0 Å². The summed E-state index contributed by atoms with van der Waals surface area (Å²) in [4.78, 5) is 11.9. The smallest absolute Gasteiger partial charge is 0.352 e. The Labute approximate surface area is 152 Å². The summed E-state index contributed by atoms with van der Waals surface area (Å²) in [5.74, 6) is -0.890. The SMILES string of the molecule is CCn1c(C(=O)O)c(CNCc2ccc(Cl)cc2)c2ccc(C)cc21. The number of nitrogens with one attached hydrogen (secondary N) is 1. The van der Waals surface area contributed by atoms with Crippen LogP contribution < -0.4 is 5.32 Å². The maximum Gasteiger partial charge on any atom is 0.352 e. The van der Waals surface area contributed by atoms with Gasteiger partial charge >= 0.3 is 5.97 Å². The quantitative estimate of drug-likeness (QED) is 0.678. The van der Waals surface area contributed by atoms with Crippen molar-refractivity contribution in [3.8, 4) is 0 Å². The molecule has 4 nitrogen and oxygen atoms in total. The summed E-state index contributed by atoms with van der Waals surface area (Å²) >= 11 is 5.91. The molecule has 0 amide bonds. The molecule has 0 bridgehead atoms. The van der Waals surface area contributed by atoms with Crippen LogP contribution >= 0.6 is 11.6 Å². The number of carboxylic acid groups (broad SMARTS) is 1. The van der Waals surface area contributed by atoms with Gasteiger partial charge in [0.2, 0.25) is 0 Å². The molecule has 0 radical (unpaired) electrons. The standard InChI is InChI=1S/C20H21ClN2O2/c1-3-23-18-10-13(2)4-9-16(18)17(19(23)20(24)25)12-22-11-14-5-7-15(21)8-6-14/h4-10,22H,3,11-12H2,1-2H3,(H,24,25). The second-order valence-corrected chi connectivity index (χ2v) is 6.56. The van der Waals surface area contributed by atoms with Crippen molar-refractivity contribution in [2.45, 2.75) is 33.5 Å². The zero-order chi connectivity index (χ0) is 18.0. The third-order valence-corrected chi connectivity index (χ3v) is 4.64. The molecule has 0 spiro atoms. The Balaban J connectivity index is 1.92. The molecule has 5 heteroatoms. The van der Waals surface area contributed by atoms with E-state index in [-0.39, 0.29) is 0 Å². The van der Waals surface area contributed by atoms with Crippen LogP contribution in [0.15, 0.2) is 42.5 Å². The first-order chi connectivity index (χ1) is 12.0. The summed E-state index contributed by atoms with van der Waals surface area (Å²) < 4.78 is 1.88. The molecule has 0 saturated heterocycles. The Hall–Kier alpha value is -2.30. The van der Waals surface area contributed by atoms with Crippen molar-refractivity contribution in [1.29, 1.82) is 0 Å². The molecule has 130 valence electrons. The van der Waals surface area contributed by atoms with E-state index in [4.69, 9.17) is 11.6 Å². The normalized spacial score (nSPS) is 11.2. The van der Waals surface area contributed by atoms with Crippen molar-refractivity contribution >= 4 is 28.5 Å². The molecule has 0 unspecified atom stereocenters. The van der Waals surface area contributed by atoms with Crippen molar-refractivity contribution in [2.75, 3.05) is 0 Å². The molecule has 3 rings (SSSR count). The van der Waals surface area contributed by atoms with Gasteiger partial charge in [0.25, 0.3) is 0 Å². The van der Waals surface area contributed by atoms with Gasteiger partial charge in [-0.15, -0.1) is 0 Å². The molecule has 25 heavy (non-hydrogen) atoms. The minimum atomic E-state index is -0.890. The minimum Gasteiger partial charge on any atom is -0.477 e. The number of aromatic nitrogens is 1. The van der Waals surface area contributed by atoms with Crippen LogP contribution in [0.25, 0.3) is 10.9 Å². The lowest BCUT2D eigenvalue weighted by Crippen LogP contribution is -2.16. The number of benzene rings is 2. The second-order valence-electron chi connectivity index (χ2n) is 6.13. The number of aryl methyl sites for hydroxylation is 2. The molecular formula is C20H21ClN2O2. The molecule has 1 aromatic heterocycles. The Kier molecular flexibility index (Phi) is 5.11. The van der Waals surface area contributed by atoms with Gasteiger partial charge in [0, 0.05) is 41.1 Å². The van der Waals surface area contributed by atoms with Crippen molar-refractivity contribution < 1.29 is 9.90 Å². The first kappa shape index (κ1) is 17.5. The van der Waals surface area contributed by atoms with Crippen LogP contribution in [-0.4, -0.2) is 15.6 Å². The van der Waals surface area contributed by atoms with Gasteiger partial charge in [-0.1, -0.05) is 35.9 Å². The number of carbonyl (C=O) groups is 1. The van der Waals surface area contributed by atoms with Crippen molar-refractivity contribution in [3.63, 3.8) is 0 Å². The second kappa shape index (κ2) is 7.30. The van der Waals surface area contributed by atoms with Crippen LogP contribution in [-0.2, 0) is 19.6 Å². The predicted octanol–water partition coefficient (Wildman–Crippen LogP) is 4.61. The molecule has 0 aliphatic rings. The van der Waals surface area contributed by atoms with E-state index in [1.54, 1.807) is 0 Å². The largest absolute Gasteiger partial charge is 0.477 e. The number of rotatable bonds is 6. The lowest BCUT2D eigenvalue weighted by atomic mass is 10.1. The Morgan fingerprint density at radius 1 is 1.16 bits per heavy atom. The van der Waals surface area contributed by atoms with Crippen molar-refractivity contribution in [1.82, 2.24) is 9.88 Å². The summed E-state index contributed by atoms with van der Waals surface area (Å²) in [6, 6.07) is 13.7. The average Bonchev–Trinajstić information content (AvgIpc) is 2.89. The fourth-order valence-electron chi connectivity index (χ4n) is 3.22. The van der Waals surface area contributed by atoms with E-state index in [0.29, 0.717) is 30.4 Å². The Morgan fingerprint density at radius 2 is 1.88 bits per heavy atom. The van der Waals surface area contributed by atoms with Crippen LogP contribution in [0.2, 0.25) is 5.02 Å². The Bertz CT molecular complexity index is 914. The number of hydrogen-bond donors (Lipinski definition) is 2. The van der Waals surface area contributed by atoms with Gasteiger partial charge in [0.05, 0.1) is 0 Å². The van der Waals surface area contributed by atoms with Gasteiger partial charge in [0.1, 0.15) is 5.69 Å². The summed E-state index contributed by atoms with van der Waals surface area (Å²) in [7, 11) is 0. The lowest BCUT2D eigenvalue weighted by molar-refractivity contribution is 0.0684. The number of aromatic carboxylic acids is 1. The van der Waals surface area contributed by atoms with Crippen LogP contribution in [0, 0.1) is 6.92 Å². The van der Waals surface area contributed by atoms with Gasteiger partial charge < -0.3 is 15.0 Å². The van der Waals surface area contributed by atoms with Crippen LogP contribution in [0.1, 0.15) is 34.1 Å². The van der Waals surface area contributed by atoms with Gasteiger partial charge in [-0.25, -0.2) is 4.79 Å². The molecule has 2 N–H and O–H groups in total. The molecular weight excluding hydrogens is 336 g/mol. The molecule has 2 aromatic carbocycles. The highest BCUT2D eigenvalue weighted by Gasteiger charge is 2.21. The fourth-order valence-corrected chi connectivity index (χ4v) is 3.34. The first-order valence-corrected chi connectivity index (χ1v) is 8.69. The molecule has 0 aliphatic heterocycles. The third kappa shape index (κ3) is 3.55. The monoisotopic (exact) mass is 356 g/mol. The predicted molar refractivity (Wildman–Crippen MR) is 101 cm³/mol. The molecule has 0 atom stereocenters. The number of carboxylic acids is 1. The number of fused-ring (bicyclic) bond motifs is 1. The van der Waals surface area contributed by atoms with E-state index in [0.717, 1.165) is 27.6 Å². The molecule has 0 fully saturated rings. The van der Waals surface area contributed by atoms with Crippen molar-refractivity contribution in [2.24, 2.45) is 0 Å². The van der Waals surface area contributed by atoms with E-state index in [1.807, 2.05) is 60.9 Å². The highest BCUT2D eigenvalue weighted by molar-refractivity contribution is 6.30. The zero-order valence-corrected chi connectivity index (χ0v) is 15.1. The van der Waals surface area contributed by atoms with Gasteiger partial charge in [-0.2, -0.15) is 0 Å². The van der Waals surface area contributed by atoms with E-state index in [2.05, 4.69) is 5.32 Å². The van der Waals surface area contributed by atoms with Crippen LogP contribution in [0.3, 0.4) is 0 Å². The summed E-state index contributed by atoms with van der Waals surface area (Å²) in [6.45, 7) is 5.76. The zero-order valence-electron chi connectivity index (χ0n) is 14.3. The topological polar surface area (TPSA) is 54.3 Å². The minimum absolute atomic E-state index is 0.367. The van der Waals surface area contributed by atoms with Crippen LogP contribution in [0.4, 0.5) is 0 Å². The maximum absolute atomic E-state index is 11.9. The van der Waals surface area contributed by atoms with E-state index >= 15 is 0 Å². The average molecular weight is 357 g/mol. The lowest BCUT2D eigenvalue weighted by Gasteiger charge is -2.07. The number of nitrogens with zero attached hydrogens (tertiary/aromatic N) is 1. The molecule has 3 aromatic rings. The fraction of sp³-hybridized carbons (Fsp3) is 0.250. The molecule has 0 saturated carbocycles. The number of hydrogen-bond acceptors (Lipinski definition) is 2. The molecule has 1 heterocycles. The van der Waals surface area contributed by atoms with Gasteiger partial charge in [-0.3, -0.25) is 0 Å². The third-order valence-electron chi connectivity index (χ3n) is 4.39. The number of halogens is 1. The highest BCUT2D eigenvalue weighted by Crippen LogP contribution is 2.27. The summed E-state index contributed by atoms with van der Waals surface area (Å²) in [5, 5.41) is 14.8. The highest BCUT2D eigenvalue weighted by atomic mass is 35.5. The summed E-state index contributed by atoms with van der Waals surface area (Å²) in [6.07, 6.45) is 0. The van der Waals surface area contributed by atoms with E-state index < -0.39 is 5.97 Å². The van der Waals surface area contributed by atoms with Gasteiger partial charge in [0.15, 0.2) is 0 Å². The summed E-state index contributed by atoms with van der Waals surface area (Å²) in [5.41, 5.74) is 4.40. The first-order valence-electron chi connectivity index (χ1n) is 8.31.